The summed E-state index contributed by atoms with van der Waals surface area (Å²) < 4.78 is 0. The van der Waals surface area contributed by atoms with Gasteiger partial charge in [-0.2, -0.15) is 0 Å². The van der Waals surface area contributed by atoms with Crippen molar-refractivity contribution in [2.45, 2.75) is 6.92 Å². The fourth-order valence-electron chi connectivity index (χ4n) is 1.71. The van der Waals surface area contributed by atoms with Gasteiger partial charge >= 0.3 is 5.97 Å². The molecule has 0 spiro atoms. The predicted octanol–water partition coefficient (Wildman–Crippen LogP) is 2.74. The molecule has 0 fully saturated rings. The van der Waals surface area contributed by atoms with Crippen LogP contribution in [0.15, 0.2) is 48.5 Å². The number of carbonyl (C=O) groups excluding carboxylic acids is 1. The summed E-state index contributed by atoms with van der Waals surface area (Å²) >= 11 is 0. The van der Waals surface area contributed by atoms with Crippen LogP contribution in [0.5, 0.6) is 0 Å². The lowest BCUT2D eigenvalue weighted by atomic mass is 10.2. The molecular weight excluding hydrogens is 268 g/mol. The van der Waals surface area contributed by atoms with Crippen LogP contribution in [0, 0.1) is 6.92 Å². The summed E-state index contributed by atoms with van der Waals surface area (Å²) in [5.41, 5.74) is 2.49. The van der Waals surface area contributed by atoms with E-state index >= 15 is 0 Å². The fraction of sp³-hybridized carbons (Fsp3) is 0.0625. The number of carbonyl (C=O) groups is 2. The normalized spacial score (nSPS) is 10.5. The van der Waals surface area contributed by atoms with Crippen molar-refractivity contribution in [2.24, 2.45) is 0 Å². The molecule has 0 aliphatic rings. The molecule has 1 amide bonds. The zero-order chi connectivity index (χ0) is 15.2. The van der Waals surface area contributed by atoms with E-state index in [0.717, 1.165) is 17.3 Å². The number of anilines is 1. The molecule has 2 rings (SSSR count). The van der Waals surface area contributed by atoms with E-state index in [1.165, 1.54) is 6.08 Å². The molecule has 0 saturated heterocycles. The van der Waals surface area contributed by atoms with E-state index in [2.05, 4.69) is 10.3 Å². The number of pyridine rings is 1. The predicted molar refractivity (Wildman–Crippen MR) is 80.0 cm³/mol. The molecule has 0 unspecified atom stereocenters. The van der Waals surface area contributed by atoms with Crippen molar-refractivity contribution in [1.82, 2.24) is 4.98 Å². The van der Waals surface area contributed by atoms with Gasteiger partial charge in [-0.05, 0) is 42.8 Å². The standard InChI is InChI=1S/C16H14N2O3/c1-11-3-2-4-14(17-11)16(21)18-13-8-5-12(6-9-13)7-10-15(19)20/h2-10H,1H3,(H,18,21)(H,19,20)/b10-7+. The average Bonchev–Trinajstić information content (AvgIpc) is 2.46. The molecule has 5 heteroatoms. The number of amides is 1. The Morgan fingerprint density at radius 3 is 2.48 bits per heavy atom. The highest BCUT2D eigenvalue weighted by Crippen LogP contribution is 2.12. The Labute approximate surface area is 122 Å². The molecule has 2 N–H and O–H groups in total. The fourth-order valence-corrected chi connectivity index (χ4v) is 1.71. The number of nitrogens with one attached hydrogen (secondary N) is 1. The molecule has 5 nitrogen and oxygen atoms in total. The van der Waals surface area contributed by atoms with E-state index in [-0.39, 0.29) is 5.91 Å². The van der Waals surface area contributed by atoms with Gasteiger partial charge < -0.3 is 10.4 Å². The van der Waals surface area contributed by atoms with E-state index < -0.39 is 5.97 Å². The molecule has 106 valence electrons. The van der Waals surface area contributed by atoms with Crippen molar-refractivity contribution >= 4 is 23.6 Å². The number of carboxylic acid groups (broad SMARTS) is 1. The number of hydrogen-bond acceptors (Lipinski definition) is 3. The third kappa shape index (κ3) is 4.28. The molecule has 2 aromatic rings. The second-order valence-corrected chi connectivity index (χ2v) is 4.41. The summed E-state index contributed by atoms with van der Waals surface area (Å²) in [6.07, 6.45) is 2.54. The quantitative estimate of drug-likeness (QED) is 0.845. The second kappa shape index (κ2) is 6.47. The maximum Gasteiger partial charge on any atom is 0.328 e. The molecule has 0 bridgehead atoms. The average molecular weight is 282 g/mol. The third-order valence-corrected chi connectivity index (χ3v) is 2.71. The van der Waals surface area contributed by atoms with Crippen molar-refractivity contribution < 1.29 is 14.7 Å². The second-order valence-electron chi connectivity index (χ2n) is 4.41. The first-order valence-electron chi connectivity index (χ1n) is 6.31. The molecule has 0 atom stereocenters. The Hall–Kier alpha value is -2.95. The van der Waals surface area contributed by atoms with E-state index in [9.17, 15) is 9.59 Å². The maximum atomic E-state index is 12.0. The summed E-state index contributed by atoms with van der Waals surface area (Å²) in [7, 11) is 0. The van der Waals surface area contributed by atoms with Crippen LogP contribution in [0.2, 0.25) is 0 Å². The highest BCUT2D eigenvalue weighted by molar-refractivity contribution is 6.02. The molecule has 1 heterocycles. The van der Waals surface area contributed by atoms with Crippen molar-refractivity contribution in [3.63, 3.8) is 0 Å². The van der Waals surface area contributed by atoms with Crippen molar-refractivity contribution in [1.29, 1.82) is 0 Å². The zero-order valence-electron chi connectivity index (χ0n) is 11.4. The number of carboxylic acids is 1. The van der Waals surface area contributed by atoms with Crippen LogP contribution in [-0.4, -0.2) is 22.0 Å². The number of nitrogens with zero attached hydrogens (tertiary/aromatic N) is 1. The van der Waals surface area contributed by atoms with Crippen LogP contribution in [0.25, 0.3) is 6.08 Å². The summed E-state index contributed by atoms with van der Waals surface area (Å²) in [4.78, 5) is 26.6. The van der Waals surface area contributed by atoms with Gasteiger partial charge in [-0.25, -0.2) is 9.78 Å². The van der Waals surface area contributed by atoms with Gasteiger partial charge in [-0.3, -0.25) is 4.79 Å². The smallest absolute Gasteiger partial charge is 0.328 e. The maximum absolute atomic E-state index is 12.0. The number of hydrogen-bond donors (Lipinski definition) is 2. The van der Waals surface area contributed by atoms with Gasteiger partial charge in [0.15, 0.2) is 0 Å². The number of benzene rings is 1. The van der Waals surface area contributed by atoms with E-state index in [1.807, 2.05) is 13.0 Å². The van der Waals surface area contributed by atoms with Crippen LogP contribution in [-0.2, 0) is 4.79 Å². The van der Waals surface area contributed by atoms with Gasteiger partial charge in [0.25, 0.3) is 5.91 Å². The molecule has 1 aromatic carbocycles. The Bertz CT molecular complexity index is 691. The number of aromatic nitrogens is 1. The van der Waals surface area contributed by atoms with Crippen LogP contribution in [0.4, 0.5) is 5.69 Å². The molecule has 0 saturated carbocycles. The van der Waals surface area contributed by atoms with Crippen LogP contribution in [0.3, 0.4) is 0 Å². The van der Waals surface area contributed by atoms with E-state index in [4.69, 9.17) is 5.11 Å². The van der Waals surface area contributed by atoms with Gasteiger partial charge in [0, 0.05) is 17.5 Å². The highest BCUT2D eigenvalue weighted by atomic mass is 16.4. The molecule has 1 aromatic heterocycles. The summed E-state index contributed by atoms with van der Waals surface area (Å²) in [6, 6.07) is 12.1. The van der Waals surface area contributed by atoms with Crippen LogP contribution >= 0.6 is 0 Å². The largest absolute Gasteiger partial charge is 0.478 e. The van der Waals surface area contributed by atoms with E-state index in [0.29, 0.717) is 11.4 Å². The third-order valence-electron chi connectivity index (χ3n) is 2.71. The SMILES string of the molecule is Cc1cccc(C(=O)Nc2ccc(/C=C/C(=O)O)cc2)n1. The van der Waals surface area contributed by atoms with Crippen molar-refractivity contribution in [3.05, 3.63) is 65.5 Å². The Kier molecular flexibility index (Phi) is 4.46. The van der Waals surface area contributed by atoms with Gasteiger partial charge in [0.1, 0.15) is 5.69 Å². The minimum absolute atomic E-state index is 0.285. The first kappa shape index (κ1) is 14.5. The lowest BCUT2D eigenvalue weighted by Gasteiger charge is -2.05. The van der Waals surface area contributed by atoms with Crippen molar-refractivity contribution in [3.8, 4) is 0 Å². The minimum Gasteiger partial charge on any atom is -0.478 e. The van der Waals surface area contributed by atoms with Gasteiger partial charge in [-0.15, -0.1) is 0 Å². The molecule has 21 heavy (non-hydrogen) atoms. The summed E-state index contributed by atoms with van der Waals surface area (Å²) in [5, 5.41) is 11.3. The Morgan fingerprint density at radius 1 is 1.14 bits per heavy atom. The molecular formula is C16H14N2O3. The number of aryl methyl sites for hydroxylation is 1. The summed E-state index contributed by atoms with van der Waals surface area (Å²) in [5.74, 6) is -1.29. The Morgan fingerprint density at radius 2 is 1.86 bits per heavy atom. The van der Waals surface area contributed by atoms with Crippen LogP contribution in [0.1, 0.15) is 21.7 Å². The monoisotopic (exact) mass is 282 g/mol. The zero-order valence-corrected chi connectivity index (χ0v) is 11.4. The first-order chi connectivity index (χ1) is 10.0. The lowest BCUT2D eigenvalue weighted by molar-refractivity contribution is -0.131. The number of rotatable bonds is 4. The van der Waals surface area contributed by atoms with Crippen molar-refractivity contribution in [2.75, 3.05) is 5.32 Å². The molecule has 0 radical (unpaired) electrons. The molecule has 0 aliphatic carbocycles. The minimum atomic E-state index is -1.00. The van der Waals surface area contributed by atoms with E-state index in [1.54, 1.807) is 36.4 Å². The molecule has 0 aliphatic heterocycles. The Balaban J connectivity index is 2.06. The van der Waals surface area contributed by atoms with Crippen LogP contribution < -0.4 is 5.32 Å². The lowest BCUT2D eigenvalue weighted by Crippen LogP contribution is -2.13. The topological polar surface area (TPSA) is 79.3 Å². The van der Waals surface area contributed by atoms with Gasteiger partial charge in [-0.1, -0.05) is 18.2 Å². The summed E-state index contributed by atoms with van der Waals surface area (Å²) in [6.45, 7) is 1.82. The first-order valence-corrected chi connectivity index (χ1v) is 6.31. The van der Waals surface area contributed by atoms with Gasteiger partial charge in [0.05, 0.1) is 0 Å². The highest BCUT2D eigenvalue weighted by Gasteiger charge is 2.07. The van der Waals surface area contributed by atoms with Gasteiger partial charge in [0.2, 0.25) is 0 Å². The number of aliphatic carboxylic acids is 1.